The van der Waals surface area contributed by atoms with Crippen LogP contribution in [0.4, 0.5) is 0 Å². The first-order valence-electron chi connectivity index (χ1n) is 7.25. The van der Waals surface area contributed by atoms with Crippen LogP contribution in [0.25, 0.3) is 0 Å². The van der Waals surface area contributed by atoms with Gasteiger partial charge in [0.1, 0.15) is 0 Å². The lowest BCUT2D eigenvalue weighted by Crippen LogP contribution is -2.41. The summed E-state index contributed by atoms with van der Waals surface area (Å²) in [6, 6.07) is 2.35. The van der Waals surface area contributed by atoms with Crippen molar-refractivity contribution in [1.29, 1.82) is 0 Å². The summed E-state index contributed by atoms with van der Waals surface area (Å²) in [5, 5.41) is 15.3. The summed E-state index contributed by atoms with van der Waals surface area (Å²) in [7, 11) is 0. The Balaban J connectivity index is 2.32. The molecule has 0 amide bonds. The second-order valence-electron chi connectivity index (χ2n) is 6.17. The maximum Gasteiger partial charge on any atom is 0.0815 e. The van der Waals surface area contributed by atoms with E-state index in [1.807, 2.05) is 0 Å². The Morgan fingerprint density at radius 3 is 2.72 bits per heavy atom. The van der Waals surface area contributed by atoms with Gasteiger partial charge in [0, 0.05) is 5.69 Å². The Morgan fingerprint density at radius 1 is 1.39 bits per heavy atom. The smallest absolute Gasteiger partial charge is 0.0815 e. The fourth-order valence-corrected chi connectivity index (χ4v) is 3.06. The zero-order chi connectivity index (χ0) is 13.3. The third-order valence-electron chi connectivity index (χ3n) is 4.39. The zero-order valence-corrected chi connectivity index (χ0v) is 12.1. The summed E-state index contributed by atoms with van der Waals surface area (Å²) >= 11 is 0. The van der Waals surface area contributed by atoms with Crippen molar-refractivity contribution in [2.45, 2.75) is 71.9 Å². The lowest BCUT2D eigenvalue weighted by atomic mass is 9.72. The molecule has 0 bridgehead atoms. The first-order chi connectivity index (χ1) is 8.49. The van der Waals surface area contributed by atoms with E-state index in [4.69, 9.17) is 5.10 Å². The quantitative estimate of drug-likeness (QED) is 0.895. The monoisotopic (exact) mass is 250 g/mol. The number of aryl methyl sites for hydroxylation is 2. The molecule has 2 atom stereocenters. The first-order valence-corrected chi connectivity index (χ1v) is 7.25. The molecule has 1 aliphatic carbocycles. The summed E-state index contributed by atoms with van der Waals surface area (Å²) in [4.78, 5) is 0. The van der Waals surface area contributed by atoms with E-state index in [0.29, 0.717) is 0 Å². The number of aliphatic hydroxyl groups excluding tert-OH is 1. The minimum Gasteiger partial charge on any atom is -0.390 e. The zero-order valence-electron chi connectivity index (χ0n) is 12.1. The summed E-state index contributed by atoms with van der Waals surface area (Å²) < 4.78 is 2.10. The van der Waals surface area contributed by atoms with E-state index in [9.17, 15) is 5.11 Å². The summed E-state index contributed by atoms with van der Waals surface area (Å²) in [5.74, 6) is 0. The molecule has 1 saturated carbocycles. The van der Waals surface area contributed by atoms with Crippen molar-refractivity contribution in [3.05, 3.63) is 17.5 Å². The fourth-order valence-electron chi connectivity index (χ4n) is 3.06. The molecule has 18 heavy (non-hydrogen) atoms. The van der Waals surface area contributed by atoms with Crippen LogP contribution in [0.3, 0.4) is 0 Å². The van der Waals surface area contributed by atoms with Gasteiger partial charge in [-0.05, 0) is 37.2 Å². The predicted molar refractivity (Wildman–Crippen MR) is 73.7 cm³/mol. The molecule has 0 saturated heterocycles. The summed E-state index contributed by atoms with van der Waals surface area (Å²) in [5.41, 5.74) is 2.41. The van der Waals surface area contributed by atoms with E-state index in [2.05, 4.69) is 38.4 Å². The molecule has 0 spiro atoms. The van der Waals surface area contributed by atoms with Gasteiger partial charge in [-0.2, -0.15) is 5.10 Å². The van der Waals surface area contributed by atoms with Crippen molar-refractivity contribution in [2.75, 3.05) is 0 Å². The van der Waals surface area contributed by atoms with Crippen LogP contribution >= 0.6 is 0 Å². The topological polar surface area (TPSA) is 38.0 Å². The first kappa shape index (κ1) is 13.6. The SMILES string of the molecule is CCc1cc(CC)n(C2CCCC(C)(C)C2O)n1. The van der Waals surface area contributed by atoms with Crippen molar-refractivity contribution >= 4 is 0 Å². The Morgan fingerprint density at radius 2 is 2.11 bits per heavy atom. The van der Waals surface area contributed by atoms with Gasteiger partial charge in [0.25, 0.3) is 0 Å². The van der Waals surface area contributed by atoms with Gasteiger partial charge in [0.2, 0.25) is 0 Å². The molecule has 3 heteroatoms. The van der Waals surface area contributed by atoms with Gasteiger partial charge in [0.15, 0.2) is 0 Å². The third kappa shape index (κ3) is 2.33. The maximum atomic E-state index is 10.6. The third-order valence-corrected chi connectivity index (χ3v) is 4.39. The second kappa shape index (κ2) is 5.04. The molecule has 2 unspecified atom stereocenters. The van der Waals surface area contributed by atoms with Gasteiger partial charge >= 0.3 is 0 Å². The highest BCUT2D eigenvalue weighted by Crippen LogP contribution is 2.41. The molecule has 1 N–H and O–H groups in total. The van der Waals surface area contributed by atoms with Gasteiger partial charge in [-0.3, -0.25) is 4.68 Å². The molecule has 1 fully saturated rings. The van der Waals surface area contributed by atoms with Crippen LogP contribution in [0, 0.1) is 5.41 Å². The Labute approximate surface area is 110 Å². The number of hydrogen-bond acceptors (Lipinski definition) is 2. The fraction of sp³-hybridized carbons (Fsp3) is 0.800. The molecule has 0 radical (unpaired) electrons. The normalized spacial score (nSPS) is 27.4. The standard InChI is InChI=1S/C15H26N2O/c1-5-11-10-12(6-2)17(16-11)13-8-7-9-15(3,4)14(13)18/h10,13-14,18H,5-9H2,1-4H3. The molecule has 102 valence electrons. The number of hydrogen-bond donors (Lipinski definition) is 1. The van der Waals surface area contributed by atoms with Crippen molar-refractivity contribution in [3.8, 4) is 0 Å². The van der Waals surface area contributed by atoms with Crippen molar-refractivity contribution in [2.24, 2.45) is 5.41 Å². The van der Waals surface area contributed by atoms with Gasteiger partial charge in [0.05, 0.1) is 17.8 Å². The molecule has 3 nitrogen and oxygen atoms in total. The molecule has 1 heterocycles. The van der Waals surface area contributed by atoms with Gasteiger partial charge in [-0.25, -0.2) is 0 Å². The highest BCUT2D eigenvalue weighted by atomic mass is 16.3. The highest BCUT2D eigenvalue weighted by molar-refractivity contribution is 5.12. The van der Waals surface area contributed by atoms with Crippen molar-refractivity contribution in [3.63, 3.8) is 0 Å². The van der Waals surface area contributed by atoms with E-state index in [1.54, 1.807) is 0 Å². The summed E-state index contributed by atoms with van der Waals surface area (Å²) in [6.07, 6.45) is 4.99. The van der Waals surface area contributed by atoms with Crippen LogP contribution in [0.5, 0.6) is 0 Å². The lowest BCUT2D eigenvalue weighted by Gasteiger charge is -2.41. The van der Waals surface area contributed by atoms with E-state index < -0.39 is 0 Å². The molecule has 1 aromatic heterocycles. The number of rotatable bonds is 3. The molecule has 2 rings (SSSR count). The highest BCUT2D eigenvalue weighted by Gasteiger charge is 2.39. The molecule has 1 aromatic rings. The molecule has 1 aliphatic rings. The minimum atomic E-state index is -0.291. The largest absolute Gasteiger partial charge is 0.390 e. The van der Waals surface area contributed by atoms with Gasteiger partial charge in [-0.15, -0.1) is 0 Å². The van der Waals surface area contributed by atoms with Gasteiger partial charge in [-0.1, -0.05) is 34.1 Å². The van der Waals surface area contributed by atoms with Crippen LogP contribution in [0.1, 0.15) is 64.4 Å². The van der Waals surface area contributed by atoms with E-state index in [1.165, 1.54) is 12.1 Å². The maximum absolute atomic E-state index is 10.6. The average molecular weight is 250 g/mol. The van der Waals surface area contributed by atoms with E-state index in [0.717, 1.165) is 31.4 Å². The predicted octanol–water partition coefficient (Wildman–Crippen LogP) is 3.12. The van der Waals surface area contributed by atoms with Gasteiger partial charge < -0.3 is 5.11 Å². The Hall–Kier alpha value is -0.830. The van der Waals surface area contributed by atoms with Crippen molar-refractivity contribution < 1.29 is 5.11 Å². The Kier molecular flexibility index (Phi) is 3.81. The van der Waals surface area contributed by atoms with E-state index in [-0.39, 0.29) is 17.6 Å². The molecular formula is C15H26N2O. The number of aromatic nitrogens is 2. The number of aliphatic hydroxyl groups is 1. The average Bonchev–Trinajstić information content (AvgIpc) is 2.75. The Bertz CT molecular complexity index is 409. The van der Waals surface area contributed by atoms with Crippen LogP contribution in [0.2, 0.25) is 0 Å². The number of nitrogens with zero attached hydrogens (tertiary/aromatic N) is 2. The summed E-state index contributed by atoms with van der Waals surface area (Å²) in [6.45, 7) is 8.63. The van der Waals surface area contributed by atoms with Crippen LogP contribution < -0.4 is 0 Å². The van der Waals surface area contributed by atoms with Crippen molar-refractivity contribution in [1.82, 2.24) is 9.78 Å². The lowest BCUT2D eigenvalue weighted by molar-refractivity contribution is -0.0308. The van der Waals surface area contributed by atoms with E-state index >= 15 is 0 Å². The van der Waals surface area contributed by atoms with Crippen LogP contribution in [0.15, 0.2) is 6.07 Å². The minimum absolute atomic E-state index is 0.00621. The van der Waals surface area contributed by atoms with Crippen LogP contribution in [-0.2, 0) is 12.8 Å². The van der Waals surface area contributed by atoms with Crippen LogP contribution in [-0.4, -0.2) is 21.0 Å². The molecular weight excluding hydrogens is 224 g/mol. The molecule has 0 aliphatic heterocycles. The second-order valence-corrected chi connectivity index (χ2v) is 6.17. The molecule has 0 aromatic carbocycles.